The van der Waals surface area contributed by atoms with Gasteiger partial charge in [0.05, 0.1) is 6.04 Å². The summed E-state index contributed by atoms with van der Waals surface area (Å²) in [6.07, 6.45) is 0.364. The van der Waals surface area contributed by atoms with Crippen LogP contribution in [0.2, 0.25) is 0 Å². The molecule has 0 bridgehead atoms. The lowest BCUT2D eigenvalue weighted by Gasteiger charge is -2.29. The fraction of sp³-hybridized carbons (Fsp3) is 0.500. The molecule has 1 saturated heterocycles. The van der Waals surface area contributed by atoms with E-state index < -0.39 is 45.4 Å². The summed E-state index contributed by atoms with van der Waals surface area (Å²) in [6, 6.07) is 6.34. The van der Waals surface area contributed by atoms with Crippen molar-refractivity contribution in [2.45, 2.75) is 50.6 Å². The predicted octanol–water partition coefficient (Wildman–Crippen LogP) is 0.187. The van der Waals surface area contributed by atoms with Crippen molar-refractivity contribution >= 4 is 38.7 Å². The number of H-pyrrole nitrogens is 1. The number of fused-ring (bicyclic) bond motifs is 1. The number of carbonyl (C=O) groups is 3. The van der Waals surface area contributed by atoms with Crippen molar-refractivity contribution in [1.82, 2.24) is 20.9 Å². The second-order valence-electron chi connectivity index (χ2n) is 8.94. The van der Waals surface area contributed by atoms with Gasteiger partial charge < -0.3 is 30.6 Å². The van der Waals surface area contributed by atoms with E-state index in [0.29, 0.717) is 13.0 Å². The van der Waals surface area contributed by atoms with E-state index in [-0.39, 0.29) is 30.4 Å². The Balaban J connectivity index is 1.78. The zero-order valence-electron chi connectivity index (χ0n) is 18.9. The molecule has 4 atom stereocenters. The Bertz CT molecular complexity index is 1130. The first kappa shape index (κ1) is 25.7. The van der Waals surface area contributed by atoms with Crippen LogP contribution in [0.5, 0.6) is 0 Å². The molecule has 3 amide bonds. The van der Waals surface area contributed by atoms with E-state index in [1.807, 2.05) is 32.0 Å². The van der Waals surface area contributed by atoms with E-state index in [0.717, 1.165) is 10.9 Å². The molecule has 1 aromatic carbocycles. The van der Waals surface area contributed by atoms with Crippen LogP contribution in [0.1, 0.15) is 43.6 Å². The van der Waals surface area contributed by atoms with E-state index in [9.17, 15) is 32.5 Å². The molecule has 0 aliphatic carbocycles. The maximum absolute atomic E-state index is 13.1. The molecule has 1 fully saturated rings. The van der Waals surface area contributed by atoms with Crippen molar-refractivity contribution in [3.05, 3.63) is 36.0 Å². The number of amides is 3. The van der Waals surface area contributed by atoms with Gasteiger partial charge in [0, 0.05) is 23.4 Å². The van der Waals surface area contributed by atoms with E-state index in [2.05, 4.69) is 20.9 Å². The molecule has 1 aromatic heterocycles. The first-order chi connectivity index (χ1) is 16.0. The monoisotopic (exact) mass is 493 g/mol. The van der Waals surface area contributed by atoms with Gasteiger partial charge in [-0.1, -0.05) is 32.0 Å². The molecule has 12 heteroatoms. The maximum Gasteiger partial charge on any atom is 0.268 e. The number of aliphatic hydroxyl groups is 1. The summed E-state index contributed by atoms with van der Waals surface area (Å²) in [4.78, 5) is 40.8. The summed E-state index contributed by atoms with van der Waals surface area (Å²) in [5.41, 5.74) is -1.45. The molecular weight excluding hydrogens is 464 g/mol. The van der Waals surface area contributed by atoms with Gasteiger partial charge in [0.15, 0.2) is 5.44 Å². The van der Waals surface area contributed by atoms with Crippen LogP contribution >= 0.6 is 0 Å². The number of hydrogen-bond donors (Lipinski definition) is 5. The van der Waals surface area contributed by atoms with Crippen molar-refractivity contribution in [1.29, 1.82) is 0 Å². The van der Waals surface area contributed by atoms with Crippen molar-refractivity contribution in [3.8, 4) is 0 Å². The van der Waals surface area contributed by atoms with Gasteiger partial charge in [0.2, 0.25) is 11.8 Å². The van der Waals surface area contributed by atoms with Crippen LogP contribution < -0.4 is 16.0 Å². The summed E-state index contributed by atoms with van der Waals surface area (Å²) >= 11 is 0. The lowest BCUT2D eigenvalue weighted by atomic mass is 9.97. The maximum atomic E-state index is 13.1. The largest absolute Gasteiger partial charge is 0.746 e. The molecule has 1 unspecified atom stereocenters. The zero-order chi connectivity index (χ0) is 25.0. The van der Waals surface area contributed by atoms with E-state index >= 15 is 0 Å². The molecule has 34 heavy (non-hydrogen) atoms. The number of aromatic amines is 1. The highest BCUT2D eigenvalue weighted by atomic mass is 32.2. The smallest absolute Gasteiger partial charge is 0.268 e. The fourth-order valence-electron chi connectivity index (χ4n) is 4.04. The molecule has 1 aliphatic heterocycles. The predicted molar refractivity (Wildman–Crippen MR) is 122 cm³/mol. The number of rotatable bonds is 10. The highest BCUT2D eigenvalue weighted by molar-refractivity contribution is 7.86. The average Bonchev–Trinajstić information content (AvgIpc) is 3.37. The number of nitrogens with one attached hydrogen (secondary N) is 4. The van der Waals surface area contributed by atoms with Crippen LogP contribution in [0.3, 0.4) is 0 Å². The summed E-state index contributed by atoms with van der Waals surface area (Å²) in [6.45, 7) is 4.06. The molecule has 5 N–H and O–H groups in total. The minimum atomic E-state index is -5.17. The van der Waals surface area contributed by atoms with Crippen LogP contribution in [-0.2, 0) is 19.7 Å². The Hall–Kier alpha value is -2.96. The van der Waals surface area contributed by atoms with Crippen LogP contribution in [0, 0.1) is 11.8 Å². The average molecular weight is 494 g/mol. The molecule has 0 spiro atoms. The number of para-hydroxylation sites is 1. The Morgan fingerprint density at radius 3 is 2.53 bits per heavy atom. The number of benzene rings is 1. The molecule has 3 rings (SSSR count). The standard InChI is InChI=1S/C22H30N4O7S/c1-12(2)9-16(25-21(29)17-10-13-5-3-4-6-15(13)24-17)20(28)26-18(22(30)34(31,32)33)11-14-7-8-23-19(14)27/h3-6,10,12,14,16,18,22,24,30H,7-9,11H2,1-2H3,(H,23,27)(H,25,29)(H,26,28)(H,31,32,33)/p-1/t14-,16-,18-,22?/m0/s1. The quantitative estimate of drug-likeness (QED) is 0.293. The van der Waals surface area contributed by atoms with Crippen LogP contribution in [0.25, 0.3) is 10.9 Å². The van der Waals surface area contributed by atoms with Gasteiger partial charge in [-0.3, -0.25) is 14.4 Å². The van der Waals surface area contributed by atoms with E-state index in [4.69, 9.17) is 0 Å². The number of hydrogen-bond acceptors (Lipinski definition) is 7. The third-order valence-corrected chi connectivity index (χ3v) is 6.69. The SMILES string of the molecule is CC(C)C[C@H](NC(=O)c1cc2ccccc2[nH]1)C(=O)N[C@@H](C[C@@H]1CCNC1=O)C(O)S(=O)(=O)[O-]. The molecule has 0 radical (unpaired) electrons. The van der Waals surface area contributed by atoms with Crippen LogP contribution in [0.4, 0.5) is 0 Å². The Labute approximate surface area is 197 Å². The molecule has 11 nitrogen and oxygen atoms in total. The second-order valence-corrected chi connectivity index (χ2v) is 10.4. The second kappa shape index (κ2) is 10.5. The Kier molecular flexibility index (Phi) is 7.95. The minimum absolute atomic E-state index is 0.0222. The first-order valence-corrected chi connectivity index (χ1v) is 12.5. The van der Waals surface area contributed by atoms with Gasteiger partial charge in [0.1, 0.15) is 21.9 Å². The van der Waals surface area contributed by atoms with Gasteiger partial charge >= 0.3 is 0 Å². The van der Waals surface area contributed by atoms with Gasteiger partial charge in [-0.2, -0.15) is 0 Å². The Morgan fingerprint density at radius 2 is 1.94 bits per heavy atom. The molecule has 0 saturated carbocycles. The van der Waals surface area contributed by atoms with Gasteiger partial charge in [0.25, 0.3) is 5.91 Å². The third-order valence-electron chi connectivity index (χ3n) is 5.77. The number of aromatic nitrogens is 1. The fourth-order valence-corrected chi connectivity index (χ4v) is 4.62. The van der Waals surface area contributed by atoms with Gasteiger partial charge in [-0.15, -0.1) is 0 Å². The number of carbonyl (C=O) groups excluding carboxylic acids is 3. The first-order valence-electron chi connectivity index (χ1n) is 11.0. The van der Waals surface area contributed by atoms with Crippen molar-refractivity contribution in [2.75, 3.05) is 6.54 Å². The van der Waals surface area contributed by atoms with Gasteiger partial charge in [-0.25, -0.2) is 8.42 Å². The molecular formula is C22H29N4O7S-. The summed E-state index contributed by atoms with van der Waals surface area (Å²) in [7, 11) is -5.17. The molecule has 186 valence electrons. The van der Waals surface area contributed by atoms with E-state index in [1.54, 1.807) is 12.1 Å². The van der Waals surface area contributed by atoms with Crippen molar-refractivity contribution in [3.63, 3.8) is 0 Å². The highest BCUT2D eigenvalue weighted by Gasteiger charge is 2.35. The molecule has 2 aromatic rings. The minimum Gasteiger partial charge on any atom is -0.746 e. The normalized spacial score (nSPS) is 19.0. The third kappa shape index (κ3) is 6.33. The lowest BCUT2D eigenvalue weighted by molar-refractivity contribution is -0.126. The zero-order valence-corrected chi connectivity index (χ0v) is 19.7. The van der Waals surface area contributed by atoms with Crippen molar-refractivity contribution < 1.29 is 32.5 Å². The highest BCUT2D eigenvalue weighted by Crippen LogP contribution is 2.20. The number of aliphatic hydroxyl groups excluding tert-OH is 1. The summed E-state index contributed by atoms with van der Waals surface area (Å²) in [5, 5.41) is 18.5. The van der Waals surface area contributed by atoms with E-state index in [1.165, 1.54) is 0 Å². The molecule has 1 aliphatic rings. The summed E-state index contributed by atoms with van der Waals surface area (Å²) < 4.78 is 34.4. The summed E-state index contributed by atoms with van der Waals surface area (Å²) in [5.74, 6) is -2.33. The van der Waals surface area contributed by atoms with Crippen molar-refractivity contribution in [2.24, 2.45) is 11.8 Å². The topological polar surface area (TPSA) is 181 Å². The Morgan fingerprint density at radius 1 is 1.24 bits per heavy atom. The van der Waals surface area contributed by atoms with Gasteiger partial charge in [-0.05, 0) is 37.3 Å². The molecule has 2 heterocycles. The van der Waals surface area contributed by atoms with Crippen LogP contribution in [0.15, 0.2) is 30.3 Å². The lowest BCUT2D eigenvalue weighted by Crippen LogP contribution is -2.55. The van der Waals surface area contributed by atoms with Crippen LogP contribution in [-0.4, -0.2) is 64.8 Å².